The molecule has 28 heavy (non-hydrogen) atoms. The molecule has 0 saturated carbocycles. The first-order valence-corrected chi connectivity index (χ1v) is 9.29. The average Bonchev–Trinajstić information content (AvgIpc) is 2.95. The van der Waals surface area contributed by atoms with Gasteiger partial charge in [-0.05, 0) is 46.8 Å². The van der Waals surface area contributed by atoms with Gasteiger partial charge < -0.3 is 9.47 Å². The van der Waals surface area contributed by atoms with Crippen molar-refractivity contribution in [3.8, 4) is 10.6 Å². The van der Waals surface area contributed by atoms with Crippen LogP contribution in [0.15, 0.2) is 30.3 Å². The predicted octanol–water partition coefficient (Wildman–Crippen LogP) is 3.40. The van der Waals surface area contributed by atoms with Crippen LogP contribution in [0.2, 0.25) is 0 Å². The molecule has 10 heteroatoms. The monoisotopic (exact) mass is 405 g/mol. The minimum atomic E-state index is -0.916. The Balaban J connectivity index is 2.48. The normalized spacial score (nSPS) is 11.9. The molecule has 0 aliphatic rings. The summed E-state index contributed by atoms with van der Waals surface area (Å²) in [6.07, 6.45) is 2.31. The molecule has 2 amide bonds. The smallest absolute Gasteiger partial charge is 0.429 e. The number of ether oxygens (including phenoxy) is 2. The summed E-state index contributed by atoms with van der Waals surface area (Å²) in [6, 6.07) is 1.27. The lowest BCUT2D eigenvalue weighted by atomic mass is 10.1. The third-order valence-electron chi connectivity index (χ3n) is 3.34. The van der Waals surface area contributed by atoms with Gasteiger partial charge in [0.2, 0.25) is 0 Å². The van der Waals surface area contributed by atoms with Gasteiger partial charge in [0.15, 0.2) is 7.85 Å². The number of carbonyl (C=O) groups excluding carboxylic acids is 2. The topological polar surface area (TPSA) is 81.6 Å². The average molecular weight is 405 g/mol. The van der Waals surface area contributed by atoms with E-state index in [4.69, 9.17) is 9.47 Å². The van der Waals surface area contributed by atoms with Crippen LogP contribution in [0.1, 0.15) is 34.6 Å². The SMILES string of the molecule is Bc1nc(-c2cncc(F)c2)sc1N(C(=O)O/C(C)=C/C)C(=O)OC(C)(C)C. The highest BCUT2D eigenvalue weighted by Gasteiger charge is 2.33. The molecular formula is C18H21BFN3O4S. The molecule has 0 unspecified atom stereocenters. The Morgan fingerprint density at radius 1 is 1.29 bits per heavy atom. The van der Waals surface area contributed by atoms with Gasteiger partial charge in [0.1, 0.15) is 27.2 Å². The van der Waals surface area contributed by atoms with Gasteiger partial charge in [-0.3, -0.25) is 4.98 Å². The van der Waals surface area contributed by atoms with Crippen molar-refractivity contribution in [3.63, 3.8) is 0 Å². The van der Waals surface area contributed by atoms with Crippen molar-refractivity contribution in [1.29, 1.82) is 0 Å². The fourth-order valence-electron chi connectivity index (χ4n) is 2.04. The highest BCUT2D eigenvalue weighted by Crippen LogP contribution is 2.31. The maximum Gasteiger partial charge on any atom is 0.429 e. The number of amides is 2. The first-order valence-electron chi connectivity index (χ1n) is 8.48. The number of thiazole rings is 1. The second-order valence-corrected chi connectivity index (χ2v) is 7.86. The van der Waals surface area contributed by atoms with E-state index in [-0.39, 0.29) is 5.00 Å². The van der Waals surface area contributed by atoms with Crippen molar-refractivity contribution in [2.24, 2.45) is 0 Å². The van der Waals surface area contributed by atoms with Gasteiger partial charge >= 0.3 is 12.2 Å². The summed E-state index contributed by atoms with van der Waals surface area (Å²) in [7, 11) is 1.63. The molecular weight excluding hydrogens is 384 g/mol. The molecule has 0 aliphatic carbocycles. The van der Waals surface area contributed by atoms with Crippen molar-refractivity contribution in [1.82, 2.24) is 9.97 Å². The lowest BCUT2D eigenvalue weighted by Gasteiger charge is -2.25. The first kappa shape index (κ1) is 21.6. The Hall–Kier alpha value is -2.75. The second-order valence-electron chi connectivity index (χ2n) is 6.88. The molecule has 0 saturated heterocycles. The van der Waals surface area contributed by atoms with Crippen molar-refractivity contribution >= 4 is 42.0 Å². The van der Waals surface area contributed by atoms with Gasteiger partial charge in [0, 0.05) is 17.4 Å². The minimum Gasteiger partial charge on any atom is -0.443 e. The van der Waals surface area contributed by atoms with E-state index in [0.29, 0.717) is 21.9 Å². The van der Waals surface area contributed by atoms with Gasteiger partial charge in [-0.15, -0.1) is 0 Å². The third kappa shape index (κ3) is 5.38. The number of allylic oxidation sites excluding steroid dienone is 2. The number of pyridine rings is 1. The van der Waals surface area contributed by atoms with Crippen LogP contribution >= 0.6 is 11.3 Å². The lowest BCUT2D eigenvalue weighted by molar-refractivity contribution is 0.0579. The molecule has 0 fully saturated rings. The molecule has 0 atom stereocenters. The van der Waals surface area contributed by atoms with E-state index < -0.39 is 23.6 Å². The van der Waals surface area contributed by atoms with E-state index >= 15 is 0 Å². The summed E-state index contributed by atoms with van der Waals surface area (Å²) in [5.74, 6) is -0.186. The minimum absolute atomic E-state index is 0.224. The summed E-state index contributed by atoms with van der Waals surface area (Å²) in [5, 5.41) is 0.631. The van der Waals surface area contributed by atoms with Crippen LogP contribution in [0.5, 0.6) is 0 Å². The Bertz CT molecular complexity index is 924. The zero-order valence-electron chi connectivity index (χ0n) is 16.6. The van der Waals surface area contributed by atoms with E-state index in [1.807, 2.05) is 0 Å². The van der Waals surface area contributed by atoms with Gasteiger partial charge in [0.05, 0.1) is 6.20 Å². The number of anilines is 1. The molecule has 0 bridgehead atoms. The van der Waals surface area contributed by atoms with Gasteiger partial charge in [-0.1, -0.05) is 11.3 Å². The number of aromatic nitrogens is 2. The van der Waals surface area contributed by atoms with Crippen LogP contribution in [0.4, 0.5) is 19.0 Å². The molecule has 0 N–H and O–H groups in total. The molecule has 0 aliphatic heterocycles. The molecule has 2 aromatic heterocycles. The molecule has 0 aromatic carbocycles. The summed E-state index contributed by atoms with van der Waals surface area (Å²) < 4.78 is 24.0. The Morgan fingerprint density at radius 3 is 2.54 bits per heavy atom. The van der Waals surface area contributed by atoms with Crippen LogP contribution in [0.3, 0.4) is 0 Å². The van der Waals surface area contributed by atoms with Crippen LogP contribution in [0, 0.1) is 5.82 Å². The number of imide groups is 1. The van der Waals surface area contributed by atoms with E-state index in [9.17, 15) is 14.0 Å². The second kappa shape index (κ2) is 8.51. The lowest BCUT2D eigenvalue weighted by Crippen LogP contribution is -2.42. The fourth-order valence-corrected chi connectivity index (χ4v) is 3.07. The van der Waals surface area contributed by atoms with Crippen LogP contribution in [0.25, 0.3) is 10.6 Å². The van der Waals surface area contributed by atoms with E-state index in [1.54, 1.807) is 48.5 Å². The Labute approximate surface area is 167 Å². The van der Waals surface area contributed by atoms with Gasteiger partial charge in [-0.2, -0.15) is 4.90 Å². The van der Waals surface area contributed by atoms with E-state index in [2.05, 4.69) is 9.97 Å². The van der Waals surface area contributed by atoms with E-state index in [1.165, 1.54) is 12.3 Å². The highest BCUT2D eigenvalue weighted by atomic mass is 32.1. The molecule has 2 rings (SSSR count). The molecule has 148 valence electrons. The van der Waals surface area contributed by atoms with Crippen LogP contribution < -0.4 is 10.5 Å². The third-order valence-corrected chi connectivity index (χ3v) is 4.53. The van der Waals surface area contributed by atoms with Crippen molar-refractivity contribution in [2.75, 3.05) is 4.90 Å². The number of halogens is 1. The van der Waals surface area contributed by atoms with Crippen LogP contribution in [-0.4, -0.2) is 35.6 Å². The quantitative estimate of drug-likeness (QED) is 0.575. The fraction of sp³-hybridized carbons (Fsp3) is 0.333. The zero-order chi connectivity index (χ0) is 21.1. The summed E-state index contributed by atoms with van der Waals surface area (Å²) in [4.78, 5) is 34.3. The molecule has 0 spiro atoms. The van der Waals surface area contributed by atoms with Crippen LogP contribution in [-0.2, 0) is 9.47 Å². The van der Waals surface area contributed by atoms with Crippen molar-refractivity contribution in [3.05, 3.63) is 36.1 Å². The number of nitrogens with zero attached hydrogens (tertiary/aromatic N) is 3. The predicted molar refractivity (Wildman–Crippen MR) is 108 cm³/mol. The van der Waals surface area contributed by atoms with Gasteiger partial charge in [-0.25, -0.2) is 19.0 Å². The van der Waals surface area contributed by atoms with Gasteiger partial charge in [0.25, 0.3) is 0 Å². The Morgan fingerprint density at radius 2 is 1.96 bits per heavy atom. The summed E-state index contributed by atoms with van der Waals surface area (Å²) in [6.45, 7) is 8.36. The molecule has 2 aromatic rings. The summed E-state index contributed by atoms with van der Waals surface area (Å²) in [5.41, 5.74) is 0.00536. The molecule has 0 radical (unpaired) electrons. The maximum absolute atomic E-state index is 13.5. The zero-order valence-corrected chi connectivity index (χ0v) is 17.4. The van der Waals surface area contributed by atoms with Crippen molar-refractivity contribution < 1.29 is 23.5 Å². The highest BCUT2D eigenvalue weighted by molar-refractivity contribution is 7.20. The standard InChI is InChI=1S/C18H21BFN3O4S/c1-6-10(2)26-16(24)23(17(25)27-18(3,4)5)15-13(19)22-14(28-15)11-7-12(20)9-21-8-11/h6-9H,19H2,1-5H3/b10-6+. The number of rotatable bonds is 3. The molecule has 7 nitrogen and oxygen atoms in total. The number of hydrogen-bond donors (Lipinski definition) is 0. The largest absolute Gasteiger partial charge is 0.443 e. The number of carbonyl (C=O) groups is 2. The van der Waals surface area contributed by atoms with E-state index in [0.717, 1.165) is 22.4 Å². The van der Waals surface area contributed by atoms with Crippen molar-refractivity contribution in [2.45, 2.75) is 40.2 Å². The molecule has 2 heterocycles. The Kier molecular flexibility index (Phi) is 6.55. The first-order chi connectivity index (χ1) is 13.0. The number of hydrogen-bond acceptors (Lipinski definition) is 7. The summed E-state index contributed by atoms with van der Waals surface area (Å²) >= 11 is 1.03. The maximum atomic E-state index is 13.5.